The standard InChI is InChI=1S/C23H18N4OS2/c1-15-18-13-20(30-22(18)27(25-15)17-11-7-4-8-12-17)21(28)26(2)23-24-19(14-29-23)16-9-5-3-6-10-16/h3-14H,1-2H3. The van der Waals surface area contributed by atoms with Gasteiger partial charge in [0.15, 0.2) is 5.13 Å². The van der Waals surface area contributed by atoms with E-state index >= 15 is 0 Å². The smallest absolute Gasteiger partial charge is 0.269 e. The van der Waals surface area contributed by atoms with Crippen LogP contribution in [0.25, 0.3) is 27.2 Å². The summed E-state index contributed by atoms with van der Waals surface area (Å²) < 4.78 is 1.91. The number of amides is 1. The number of aromatic nitrogens is 3. The van der Waals surface area contributed by atoms with E-state index in [0.717, 1.165) is 32.9 Å². The summed E-state index contributed by atoms with van der Waals surface area (Å²) in [5, 5.41) is 8.32. The molecular weight excluding hydrogens is 412 g/mol. The van der Waals surface area contributed by atoms with Gasteiger partial charge in [0.2, 0.25) is 0 Å². The molecule has 7 heteroatoms. The molecule has 0 saturated heterocycles. The zero-order chi connectivity index (χ0) is 20.7. The Kier molecular flexibility index (Phi) is 4.69. The van der Waals surface area contributed by atoms with Crippen LogP contribution in [0.5, 0.6) is 0 Å². The minimum Gasteiger partial charge on any atom is -0.286 e. The molecule has 5 rings (SSSR count). The number of aryl methyl sites for hydroxylation is 1. The normalized spacial score (nSPS) is 11.1. The third kappa shape index (κ3) is 3.22. The van der Waals surface area contributed by atoms with E-state index in [-0.39, 0.29) is 5.91 Å². The second-order valence-electron chi connectivity index (χ2n) is 6.91. The lowest BCUT2D eigenvalue weighted by Crippen LogP contribution is -2.25. The average molecular weight is 431 g/mol. The molecule has 3 aromatic heterocycles. The van der Waals surface area contributed by atoms with Crippen LogP contribution >= 0.6 is 22.7 Å². The maximum absolute atomic E-state index is 13.2. The molecule has 5 nitrogen and oxygen atoms in total. The van der Waals surface area contributed by atoms with Gasteiger partial charge in [-0.05, 0) is 25.1 Å². The van der Waals surface area contributed by atoms with E-state index in [2.05, 4.69) is 10.1 Å². The van der Waals surface area contributed by atoms with Crippen molar-refractivity contribution >= 4 is 43.9 Å². The Morgan fingerprint density at radius 3 is 2.47 bits per heavy atom. The fourth-order valence-corrected chi connectivity index (χ4v) is 5.27. The molecule has 0 saturated carbocycles. The minimum absolute atomic E-state index is 0.0656. The summed E-state index contributed by atoms with van der Waals surface area (Å²) >= 11 is 2.93. The van der Waals surface area contributed by atoms with Gasteiger partial charge in [-0.1, -0.05) is 48.5 Å². The molecule has 0 bridgehead atoms. The zero-order valence-corrected chi connectivity index (χ0v) is 18.1. The Balaban J connectivity index is 1.47. The number of thiophene rings is 1. The van der Waals surface area contributed by atoms with Gasteiger partial charge in [0.05, 0.1) is 22.0 Å². The average Bonchev–Trinajstić information content (AvgIpc) is 3.51. The van der Waals surface area contributed by atoms with Crippen LogP contribution in [0.3, 0.4) is 0 Å². The van der Waals surface area contributed by atoms with Gasteiger partial charge in [0, 0.05) is 23.4 Å². The van der Waals surface area contributed by atoms with Gasteiger partial charge in [-0.15, -0.1) is 22.7 Å². The van der Waals surface area contributed by atoms with E-state index < -0.39 is 0 Å². The van der Waals surface area contributed by atoms with E-state index in [1.54, 1.807) is 11.9 Å². The number of fused-ring (bicyclic) bond motifs is 1. The van der Waals surface area contributed by atoms with Crippen LogP contribution in [0.2, 0.25) is 0 Å². The van der Waals surface area contributed by atoms with Gasteiger partial charge < -0.3 is 0 Å². The van der Waals surface area contributed by atoms with Gasteiger partial charge in [-0.2, -0.15) is 5.10 Å². The van der Waals surface area contributed by atoms with Crippen LogP contribution < -0.4 is 4.90 Å². The molecule has 5 aromatic rings. The van der Waals surface area contributed by atoms with E-state index in [0.29, 0.717) is 10.0 Å². The quantitative estimate of drug-likeness (QED) is 0.362. The maximum Gasteiger partial charge on any atom is 0.269 e. The summed E-state index contributed by atoms with van der Waals surface area (Å²) in [6.07, 6.45) is 0. The molecule has 0 aliphatic carbocycles. The van der Waals surface area contributed by atoms with Crippen molar-refractivity contribution in [2.75, 3.05) is 11.9 Å². The number of anilines is 1. The number of rotatable bonds is 4. The predicted octanol–water partition coefficient (Wildman–Crippen LogP) is 5.80. The molecule has 0 spiro atoms. The Morgan fingerprint density at radius 1 is 1.03 bits per heavy atom. The Bertz CT molecular complexity index is 1340. The van der Waals surface area contributed by atoms with Crippen molar-refractivity contribution in [1.29, 1.82) is 0 Å². The number of thiazole rings is 1. The molecule has 148 valence electrons. The fraction of sp³-hybridized carbons (Fsp3) is 0.0870. The SMILES string of the molecule is Cc1nn(-c2ccccc2)c2sc(C(=O)N(C)c3nc(-c4ccccc4)cs3)cc12. The van der Waals surface area contributed by atoms with Crippen molar-refractivity contribution in [3.8, 4) is 16.9 Å². The summed E-state index contributed by atoms with van der Waals surface area (Å²) in [5.41, 5.74) is 3.81. The fourth-order valence-electron chi connectivity index (χ4n) is 3.31. The first-order valence-corrected chi connectivity index (χ1v) is 11.1. The highest BCUT2D eigenvalue weighted by Gasteiger charge is 2.22. The first-order chi connectivity index (χ1) is 14.6. The lowest BCUT2D eigenvalue weighted by molar-refractivity contribution is 0.0997. The molecule has 1 amide bonds. The molecule has 0 aliphatic heterocycles. The predicted molar refractivity (Wildman–Crippen MR) is 124 cm³/mol. The Labute approximate surface area is 181 Å². The number of hydrogen-bond donors (Lipinski definition) is 0. The molecule has 0 fully saturated rings. The number of nitrogens with zero attached hydrogens (tertiary/aromatic N) is 4. The van der Waals surface area contributed by atoms with Gasteiger partial charge in [-0.3, -0.25) is 9.69 Å². The summed E-state index contributed by atoms with van der Waals surface area (Å²) in [7, 11) is 1.77. The van der Waals surface area contributed by atoms with E-state index in [1.165, 1.54) is 22.7 Å². The molecule has 0 radical (unpaired) electrons. The maximum atomic E-state index is 13.2. The molecule has 0 N–H and O–H groups in total. The molecule has 2 aromatic carbocycles. The van der Waals surface area contributed by atoms with Gasteiger partial charge in [0.1, 0.15) is 4.83 Å². The van der Waals surface area contributed by atoms with Crippen molar-refractivity contribution in [3.05, 3.63) is 82.7 Å². The van der Waals surface area contributed by atoms with Crippen LogP contribution in [0, 0.1) is 6.92 Å². The number of hydrogen-bond acceptors (Lipinski definition) is 5. The van der Waals surface area contributed by atoms with E-state index in [9.17, 15) is 4.79 Å². The Hall–Kier alpha value is -3.29. The largest absolute Gasteiger partial charge is 0.286 e. The van der Waals surface area contributed by atoms with Crippen molar-refractivity contribution in [2.45, 2.75) is 6.92 Å². The van der Waals surface area contributed by atoms with Crippen LogP contribution in [0.1, 0.15) is 15.4 Å². The molecule has 30 heavy (non-hydrogen) atoms. The monoisotopic (exact) mass is 430 g/mol. The molecular formula is C23H18N4OS2. The topological polar surface area (TPSA) is 51.0 Å². The van der Waals surface area contributed by atoms with Gasteiger partial charge in [0.25, 0.3) is 5.91 Å². The van der Waals surface area contributed by atoms with Crippen LogP contribution in [0.4, 0.5) is 5.13 Å². The number of benzene rings is 2. The number of carbonyl (C=O) groups is 1. The summed E-state index contributed by atoms with van der Waals surface area (Å²) in [5.74, 6) is -0.0656. The van der Waals surface area contributed by atoms with E-state index in [4.69, 9.17) is 0 Å². The van der Waals surface area contributed by atoms with Crippen LogP contribution in [-0.4, -0.2) is 27.7 Å². The molecule has 0 atom stereocenters. The van der Waals surface area contributed by atoms with Crippen LogP contribution in [-0.2, 0) is 0 Å². The second-order valence-corrected chi connectivity index (χ2v) is 8.77. The molecule has 0 unspecified atom stereocenters. The Morgan fingerprint density at radius 2 is 1.73 bits per heavy atom. The minimum atomic E-state index is -0.0656. The second kappa shape index (κ2) is 7.51. The highest BCUT2D eigenvalue weighted by molar-refractivity contribution is 7.20. The summed E-state index contributed by atoms with van der Waals surface area (Å²) in [6, 6.07) is 21.9. The van der Waals surface area contributed by atoms with Gasteiger partial charge in [-0.25, -0.2) is 9.67 Å². The lowest BCUT2D eigenvalue weighted by Gasteiger charge is -2.12. The van der Waals surface area contributed by atoms with Crippen molar-refractivity contribution in [2.24, 2.45) is 0 Å². The summed E-state index contributed by atoms with van der Waals surface area (Å²) in [6.45, 7) is 1.97. The first-order valence-electron chi connectivity index (χ1n) is 9.45. The third-order valence-electron chi connectivity index (χ3n) is 4.91. The molecule has 3 heterocycles. The van der Waals surface area contributed by atoms with Crippen LogP contribution in [0.15, 0.2) is 72.1 Å². The summed E-state index contributed by atoms with van der Waals surface area (Å²) in [4.78, 5) is 21.1. The van der Waals surface area contributed by atoms with Crippen molar-refractivity contribution in [3.63, 3.8) is 0 Å². The first kappa shape index (κ1) is 18.7. The third-order valence-corrected chi connectivity index (χ3v) is 6.93. The zero-order valence-electron chi connectivity index (χ0n) is 16.4. The highest BCUT2D eigenvalue weighted by Crippen LogP contribution is 2.33. The lowest BCUT2D eigenvalue weighted by atomic mass is 10.2. The van der Waals surface area contributed by atoms with Crippen molar-refractivity contribution in [1.82, 2.24) is 14.8 Å². The number of carbonyl (C=O) groups excluding carboxylic acids is 1. The van der Waals surface area contributed by atoms with Gasteiger partial charge >= 0.3 is 0 Å². The molecule has 0 aliphatic rings. The highest BCUT2D eigenvalue weighted by atomic mass is 32.1. The number of para-hydroxylation sites is 1. The van der Waals surface area contributed by atoms with E-state index in [1.807, 2.05) is 83.7 Å². The van der Waals surface area contributed by atoms with Crippen molar-refractivity contribution < 1.29 is 4.79 Å².